The van der Waals surface area contributed by atoms with Gasteiger partial charge in [-0.3, -0.25) is 4.79 Å². The number of pyridine rings is 1. The Labute approximate surface area is 176 Å². The molecule has 150 valence electrons. The second kappa shape index (κ2) is 9.52. The zero-order valence-electron chi connectivity index (χ0n) is 16.9. The van der Waals surface area contributed by atoms with E-state index in [1.54, 1.807) is 18.3 Å². The molecule has 1 aromatic carbocycles. The highest BCUT2D eigenvalue weighted by atomic mass is 35.5. The van der Waals surface area contributed by atoms with Gasteiger partial charge in [-0.25, -0.2) is 10.4 Å². The SMILES string of the molecule is CCCCc1ccc(-n2c(C)cc(C=NNC(=O)c3cccnc3Cl)c2C)cc1. The number of hydrogen-bond acceptors (Lipinski definition) is 3. The second-order valence-electron chi connectivity index (χ2n) is 6.97. The van der Waals surface area contributed by atoms with Crippen LogP contribution in [0, 0.1) is 13.8 Å². The summed E-state index contributed by atoms with van der Waals surface area (Å²) in [4.78, 5) is 16.1. The second-order valence-corrected chi connectivity index (χ2v) is 7.33. The van der Waals surface area contributed by atoms with Crippen LogP contribution in [-0.2, 0) is 6.42 Å². The van der Waals surface area contributed by atoms with Crippen LogP contribution in [0.25, 0.3) is 5.69 Å². The lowest BCUT2D eigenvalue weighted by Crippen LogP contribution is -2.18. The fraction of sp³-hybridized carbons (Fsp3) is 0.261. The Kier molecular flexibility index (Phi) is 6.83. The molecule has 0 fully saturated rings. The predicted octanol–water partition coefficient (Wildman–Crippen LogP) is 5.25. The van der Waals surface area contributed by atoms with E-state index < -0.39 is 5.91 Å². The van der Waals surface area contributed by atoms with Gasteiger partial charge in [0, 0.05) is 28.8 Å². The molecule has 0 bridgehead atoms. The summed E-state index contributed by atoms with van der Waals surface area (Å²) in [7, 11) is 0. The van der Waals surface area contributed by atoms with E-state index in [-0.39, 0.29) is 5.15 Å². The van der Waals surface area contributed by atoms with Gasteiger partial charge in [0.2, 0.25) is 0 Å². The van der Waals surface area contributed by atoms with E-state index in [1.807, 2.05) is 13.0 Å². The number of aromatic nitrogens is 2. The minimum atomic E-state index is -0.393. The van der Waals surface area contributed by atoms with Gasteiger partial charge in [-0.2, -0.15) is 5.10 Å². The maximum atomic E-state index is 12.2. The van der Waals surface area contributed by atoms with Crippen molar-refractivity contribution in [1.29, 1.82) is 0 Å². The Morgan fingerprint density at radius 1 is 1.24 bits per heavy atom. The summed E-state index contributed by atoms with van der Waals surface area (Å²) in [6, 6.07) is 14.0. The fourth-order valence-corrected chi connectivity index (χ4v) is 3.49. The summed E-state index contributed by atoms with van der Waals surface area (Å²) in [6.07, 6.45) is 6.70. The van der Waals surface area contributed by atoms with Crippen LogP contribution in [0.2, 0.25) is 5.15 Å². The summed E-state index contributed by atoms with van der Waals surface area (Å²) in [6.45, 7) is 6.31. The smallest absolute Gasteiger partial charge is 0.274 e. The molecule has 3 rings (SSSR count). The highest BCUT2D eigenvalue weighted by Gasteiger charge is 2.11. The van der Waals surface area contributed by atoms with Gasteiger partial charge in [-0.05, 0) is 62.6 Å². The van der Waals surface area contributed by atoms with Crippen molar-refractivity contribution in [2.24, 2.45) is 5.10 Å². The summed E-state index contributed by atoms with van der Waals surface area (Å²) in [5.74, 6) is -0.393. The molecular weight excluding hydrogens is 384 g/mol. The van der Waals surface area contributed by atoms with Crippen LogP contribution in [0.1, 0.15) is 52.6 Å². The van der Waals surface area contributed by atoms with E-state index in [0.29, 0.717) is 5.56 Å². The maximum absolute atomic E-state index is 12.2. The van der Waals surface area contributed by atoms with Gasteiger partial charge >= 0.3 is 0 Å². The third-order valence-corrected chi connectivity index (χ3v) is 5.16. The Morgan fingerprint density at radius 3 is 2.69 bits per heavy atom. The highest BCUT2D eigenvalue weighted by molar-refractivity contribution is 6.32. The van der Waals surface area contributed by atoms with Crippen molar-refractivity contribution in [3.8, 4) is 5.69 Å². The molecule has 1 N–H and O–H groups in total. The Bertz CT molecular complexity index is 1020. The minimum absolute atomic E-state index is 0.153. The first-order valence-corrected chi connectivity index (χ1v) is 10.1. The topological polar surface area (TPSA) is 59.3 Å². The van der Waals surface area contributed by atoms with Gasteiger partial charge in [0.15, 0.2) is 0 Å². The first kappa shape index (κ1) is 20.8. The molecule has 0 radical (unpaired) electrons. The van der Waals surface area contributed by atoms with Crippen LogP contribution in [-0.4, -0.2) is 21.7 Å². The van der Waals surface area contributed by atoms with Crippen LogP contribution >= 0.6 is 11.6 Å². The first-order valence-electron chi connectivity index (χ1n) is 9.73. The van der Waals surface area contributed by atoms with E-state index in [0.717, 1.165) is 29.1 Å². The number of unbranched alkanes of at least 4 members (excludes halogenated alkanes) is 1. The molecule has 2 aromatic heterocycles. The van der Waals surface area contributed by atoms with Crippen molar-refractivity contribution < 1.29 is 4.79 Å². The van der Waals surface area contributed by atoms with E-state index in [1.165, 1.54) is 24.6 Å². The summed E-state index contributed by atoms with van der Waals surface area (Å²) >= 11 is 5.94. The Morgan fingerprint density at radius 2 is 2.00 bits per heavy atom. The van der Waals surface area contributed by atoms with E-state index in [4.69, 9.17) is 11.6 Å². The van der Waals surface area contributed by atoms with Crippen molar-refractivity contribution >= 4 is 23.7 Å². The fourth-order valence-electron chi connectivity index (χ4n) is 3.28. The van der Waals surface area contributed by atoms with Gasteiger partial charge < -0.3 is 4.57 Å². The molecule has 0 aliphatic heterocycles. The first-order chi connectivity index (χ1) is 14.0. The molecule has 0 atom stereocenters. The lowest BCUT2D eigenvalue weighted by molar-refractivity contribution is 0.0955. The van der Waals surface area contributed by atoms with E-state index in [2.05, 4.69) is 58.2 Å². The Balaban J connectivity index is 1.74. The number of hydrazone groups is 1. The number of hydrogen-bond donors (Lipinski definition) is 1. The zero-order valence-corrected chi connectivity index (χ0v) is 17.7. The molecule has 1 amide bonds. The molecule has 0 spiro atoms. The molecule has 0 saturated heterocycles. The van der Waals surface area contributed by atoms with Crippen LogP contribution in [0.3, 0.4) is 0 Å². The number of nitrogens with one attached hydrogen (secondary N) is 1. The van der Waals surface area contributed by atoms with E-state index in [9.17, 15) is 4.79 Å². The number of benzene rings is 1. The zero-order chi connectivity index (χ0) is 20.8. The number of carbonyl (C=O) groups is 1. The molecule has 29 heavy (non-hydrogen) atoms. The summed E-state index contributed by atoms with van der Waals surface area (Å²) in [5.41, 5.74) is 8.37. The monoisotopic (exact) mass is 408 g/mol. The third kappa shape index (κ3) is 4.93. The van der Waals surface area contributed by atoms with Gasteiger partial charge in [0.05, 0.1) is 11.8 Å². The Hall–Kier alpha value is -2.92. The molecule has 0 aliphatic carbocycles. The van der Waals surface area contributed by atoms with Crippen molar-refractivity contribution in [1.82, 2.24) is 15.0 Å². The van der Waals surface area contributed by atoms with Crippen molar-refractivity contribution in [3.63, 3.8) is 0 Å². The standard InChI is InChI=1S/C23H25ClN4O/c1-4-5-7-18-9-11-20(12-10-18)28-16(2)14-19(17(28)3)15-26-27-23(29)21-8-6-13-25-22(21)24/h6,8-15H,4-5,7H2,1-3H3,(H,27,29). The van der Waals surface area contributed by atoms with Crippen LogP contribution in [0.4, 0.5) is 0 Å². The number of nitrogens with zero attached hydrogens (tertiary/aromatic N) is 3. The van der Waals surface area contributed by atoms with Gasteiger partial charge in [0.1, 0.15) is 5.15 Å². The summed E-state index contributed by atoms with van der Waals surface area (Å²) < 4.78 is 2.19. The quantitative estimate of drug-likeness (QED) is 0.329. The number of amides is 1. The normalized spacial score (nSPS) is 11.2. The molecule has 2 heterocycles. The van der Waals surface area contributed by atoms with Gasteiger partial charge in [0.25, 0.3) is 5.91 Å². The molecule has 6 heteroatoms. The lowest BCUT2D eigenvalue weighted by atomic mass is 10.1. The number of halogens is 1. The predicted molar refractivity (Wildman–Crippen MR) is 118 cm³/mol. The van der Waals surface area contributed by atoms with Crippen molar-refractivity contribution in [2.45, 2.75) is 40.0 Å². The molecule has 0 aliphatic rings. The van der Waals surface area contributed by atoms with Crippen molar-refractivity contribution in [3.05, 3.63) is 81.9 Å². The van der Waals surface area contributed by atoms with Crippen molar-refractivity contribution in [2.75, 3.05) is 0 Å². The maximum Gasteiger partial charge on any atom is 0.274 e. The average Bonchev–Trinajstić information content (AvgIpc) is 3.00. The average molecular weight is 409 g/mol. The van der Waals surface area contributed by atoms with Crippen LogP contribution in [0.5, 0.6) is 0 Å². The number of carbonyl (C=O) groups excluding carboxylic acids is 1. The van der Waals surface area contributed by atoms with Gasteiger partial charge in [-0.1, -0.05) is 37.1 Å². The third-order valence-electron chi connectivity index (χ3n) is 4.86. The number of aryl methyl sites for hydroxylation is 2. The molecular formula is C23H25ClN4O. The minimum Gasteiger partial charge on any atom is -0.318 e. The van der Waals surface area contributed by atoms with Crippen LogP contribution in [0.15, 0.2) is 53.8 Å². The number of rotatable bonds is 7. The molecule has 0 saturated carbocycles. The van der Waals surface area contributed by atoms with E-state index >= 15 is 0 Å². The largest absolute Gasteiger partial charge is 0.318 e. The van der Waals surface area contributed by atoms with Gasteiger partial charge in [-0.15, -0.1) is 0 Å². The summed E-state index contributed by atoms with van der Waals surface area (Å²) in [5, 5.41) is 4.25. The van der Waals surface area contributed by atoms with Crippen LogP contribution < -0.4 is 5.43 Å². The molecule has 0 unspecified atom stereocenters. The molecule has 3 aromatic rings. The molecule has 5 nitrogen and oxygen atoms in total. The highest BCUT2D eigenvalue weighted by Crippen LogP contribution is 2.21. The lowest BCUT2D eigenvalue weighted by Gasteiger charge is -2.10.